The molecular formula is C20H19ClN2O4. The van der Waals surface area contributed by atoms with Gasteiger partial charge in [0.25, 0.3) is 11.8 Å². The third-order valence-electron chi connectivity index (χ3n) is 4.20. The summed E-state index contributed by atoms with van der Waals surface area (Å²) in [6.45, 7) is 3.27. The summed E-state index contributed by atoms with van der Waals surface area (Å²) < 4.78 is 5.48. The van der Waals surface area contributed by atoms with Crippen molar-refractivity contribution in [3.63, 3.8) is 0 Å². The summed E-state index contributed by atoms with van der Waals surface area (Å²) in [6, 6.07) is 13.5. The molecule has 0 radical (unpaired) electrons. The Morgan fingerprint density at radius 2 is 1.70 bits per heavy atom. The lowest BCUT2D eigenvalue weighted by molar-refractivity contribution is -0.121. The van der Waals surface area contributed by atoms with Crippen LogP contribution >= 0.6 is 11.6 Å². The van der Waals surface area contributed by atoms with Gasteiger partial charge in [-0.2, -0.15) is 0 Å². The van der Waals surface area contributed by atoms with Gasteiger partial charge in [-0.1, -0.05) is 29.8 Å². The first-order chi connectivity index (χ1) is 12.8. The number of nitrogens with zero attached hydrogens (tertiary/aromatic N) is 1. The normalized spacial score (nSPS) is 13.7. The molecule has 0 aromatic heterocycles. The molecule has 0 atom stereocenters. The molecule has 27 heavy (non-hydrogen) atoms. The van der Waals surface area contributed by atoms with Crippen molar-refractivity contribution in [1.82, 2.24) is 4.90 Å². The molecule has 1 aliphatic heterocycles. The van der Waals surface area contributed by atoms with E-state index in [0.717, 1.165) is 0 Å². The van der Waals surface area contributed by atoms with E-state index < -0.39 is 5.54 Å². The third kappa shape index (κ3) is 4.02. The summed E-state index contributed by atoms with van der Waals surface area (Å²) >= 11 is 5.88. The zero-order chi connectivity index (χ0) is 19.6. The van der Waals surface area contributed by atoms with E-state index in [2.05, 4.69) is 5.32 Å². The SMILES string of the molecule is CC(C)(COCC(=O)Nc1cccc(Cl)c1)N1C(=O)c2ccccc2C1=O. The summed E-state index contributed by atoms with van der Waals surface area (Å²) in [6.07, 6.45) is 0. The maximum Gasteiger partial charge on any atom is 0.262 e. The van der Waals surface area contributed by atoms with Gasteiger partial charge in [0.15, 0.2) is 0 Å². The van der Waals surface area contributed by atoms with Crippen LogP contribution in [0.5, 0.6) is 0 Å². The number of nitrogens with one attached hydrogen (secondary N) is 1. The fraction of sp³-hybridized carbons (Fsp3) is 0.250. The minimum Gasteiger partial charge on any atom is -0.369 e. The standard InChI is InChI=1S/C20H19ClN2O4/c1-20(2,23-18(25)15-8-3-4-9-16(15)19(23)26)12-27-11-17(24)22-14-7-5-6-13(21)10-14/h3-10H,11-12H2,1-2H3,(H,22,24). The Hall–Kier alpha value is -2.70. The van der Waals surface area contributed by atoms with E-state index in [1.54, 1.807) is 62.4 Å². The third-order valence-corrected chi connectivity index (χ3v) is 4.43. The Kier molecular flexibility index (Phi) is 5.30. The van der Waals surface area contributed by atoms with Crippen LogP contribution in [0, 0.1) is 0 Å². The topological polar surface area (TPSA) is 75.7 Å². The van der Waals surface area contributed by atoms with Crippen LogP contribution in [-0.2, 0) is 9.53 Å². The molecule has 7 heteroatoms. The number of rotatable bonds is 6. The minimum absolute atomic E-state index is 0.0292. The molecule has 1 aliphatic rings. The fourth-order valence-electron chi connectivity index (χ4n) is 2.96. The number of amides is 3. The van der Waals surface area contributed by atoms with Gasteiger partial charge in [0.05, 0.1) is 23.3 Å². The average Bonchev–Trinajstić information content (AvgIpc) is 2.87. The van der Waals surface area contributed by atoms with Crippen LogP contribution in [0.3, 0.4) is 0 Å². The van der Waals surface area contributed by atoms with Crippen molar-refractivity contribution in [2.24, 2.45) is 0 Å². The molecule has 0 saturated heterocycles. The van der Waals surface area contributed by atoms with E-state index in [4.69, 9.17) is 16.3 Å². The van der Waals surface area contributed by atoms with E-state index in [1.165, 1.54) is 4.90 Å². The van der Waals surface area contributed by atoms with Gasteiger partial charge < -0.3 is 10.1 Å². The Morgan fingerprint density at radius 3 is 2.30 bits per heavy atom. The molecule has 2 aromatic carbocycles. The second-order valence-electron chi connectivity index (χ2n) is 6.86. The molecule has 0 aliphatic carbocycles. The first kappa shape index (κ1) is 19.1. The van der Waals surface area contributed by atoms with Crippen LogP contribution in [0.4, 0.5) is 5.69 Å². The first-order valence-electron chi connectivity index (χ1n) is 8.41. The van der Waals surface area contributed by atoms with Gasteiger partial charge in [-0.05, 0) is 44.2 Å². The molecule has 0 fully saturated rings. The van der Waals surface area contributed by atoms with Gasteiger partial charge in [0.2, 0.25) is 5.91 Å². The second kappa shape index (κ2) is 7.50. The highest BCUT2D eigenvalue weighted by Gasteiger charge is 2.44. The Labute approximate surface area is 162 Å². The molecule has 6 nitrogen and oxygen atoms in total. The highest BCUT2D eigenvalue weighted by atomic mass is 35.5. The van der Waals surface area contributed by atoms with Crippen LogP contribution in [-0.4, -0.2) is 41.4 Å². The first-order valence-corrected chi connectivity index (χ1v) is 8.78. The van der Waals surface area contributed by atoms with Crippen LogP contribution in [0.15, 0.2) is 48.5 Å². The van der Waals surface area contributed by atoms with Crippen molar-refractivity contribution in [2.75, 3.05) is 18.5 Å². The number of halogens is 1. The van der Waals surface area contributed by atoms with Crippen LogP contribution in [0.25, 0.3) is 0 Å². The van der Waals surface area contributed by atoms with E-state index in [1.807, 2.05) is 0 Å². The number of hydrogen-bond donors (Lipinski definition) is 1. The van der Waals surface area contributed by atoms with Gasteiger partial charge in [0, 0.05) is 10.7 Å². The zero-order valence-electron chi connectivity index (χ0n) is 15.0. The monoisotopic (exact) mass is 386 g/mol. The highest BCUT2D eigenvalue weighted by molar-refractivity contribution is 6.30. The quantitative estimate of drug-likeness (QED) is 0.772. The second-order valence-corrected chi connectivity index (χ2v) is 7.29. The lowest BCUT2D eigenvalue weighted by Crippen LogP contribution is -2.50. The average molecular weight is 387 g/mol. The number of carbonyl (C=O) groups is 3. The number of imide groups is 1. The number of carbonyl (C=O) groups excluding carboxylic acids is 3. The van der Waals surface area contributed by atoms with Crippen molar-refractivity contribution in [2.45, 2.75) is 19.4 Å². The number of hydrogen-bond acceptors (Lipinski definition) is 4. The molecule has 0 unspecified atom stereocenters. The number of anilines is 1. The smallest absolute Gasteiger partial charge is 0.262 e. The Balaban J connectivity index is 1.58. The van der Waals surface area contributed by atoms with E-state index in [0.29, 0.717) is 21.8 Å². The van der Waals surface area contributed by atoms with Crippen LogP contribution in [0.1, 0.15) is 34.6 Å². The zero-order valence-corrected chi connectivity index (χ0v) is 15.7. The largest absolute Gasteiger partial charge is 0.369 e. The Bertz CT molecular complexity index is 875. The van der Waals surface area contributed by atoms with Crippen molar-refractivity contribution in [3.8, 4) is 0 Å². The summed E-state index contributed by atoms with van der Waals surface area (Å²) in [4.78, 5) is 38.4. The molecule has 2 aromatic rings. The molecule has 0 saturated carbocycles. The summed E-state index contributed by atoms with van der Waals surface area (Å²) in [7, 11) is 0. The maximum atomic E-state index is 12.6. The molecule has 140 valence electrons. The molecule has 0 bridgehead atoms. The highest BCUT2D eigenvalue weighted by Crippen LogP contribution is 2.29. The summed E-state index contributed by atoms with van der Waals surface area (Å²) in [5.41, 5.74) is 0.433. The number of ether oxygens (including phenoxy) is 1. The van der Waals surface area contributed by atoms with Crippen LogP contribution in [0.2, 0.25) is 5.02 Å². The molecule has 0 spiro atoms. The number of benzene rings is 2. The van der Waals surface area contributed by atoms with Gasteiger partial charge >= 0.3 is 0 Å². The number of fused-ring (bicyclic) bond motifs is 1. The molecule has 1 heterocycles. The van der Waals surface area contributed by atoms with Crippen molar-refractivity contribution >= 4 is 35.0 Å². The van der Waals surface area contributed by atoms with Crippen molar-refractivity contribution in [1.29, 1.82) is 0 Å². The van der Waals surface area contributed by atoms with E-state index in [-0.39, 0.29) is 30.9 Å². The van der Waals surface area contributed by atoms with Crippen molar-refractivity contribution < 1.29 is 19.1 Å². The fourth-order valence-corrected chi connectivity index (χ4v) is 3.15. The molecular weight excluding hydrogens is 368 g/mol. The molecule has 3 rings (SSSR count). The Morgan fingerprint density at radius 1 is 1.07 bits per heavy atom. The predicted molar refractivity (Wildman–Crippen MR) is 102 cm³/mol. The maximum absolute atomic E-state index is 12.6. The minimum atomic E-state index is -0.899. The van der Waals surface area contributed by atoms with E-state index >= 15 is 0 Å². The van der Waals surface area contributed by atoms with Crippen molar-refractivity contribution in [3.05, 3.63) is 64.7 Å². The summed E-state index contributed by atoms with van der Waals surface area (Å²) in [5.74, 6) is -1.06. The molecule has 1 N–H and O–H groups in total. The predicted octanol–water partition coefficient (Wildman–Crippen LogP) is 3.37. The van der Waals surface area contributed by atoms with Gasteiger partial charge in [0.1, 0.15) is 6.61 Å². The lowest BCUT2D eigenvalue weighted by atomic mass is 10.0. The van der Waals surface area contributed by atoms with Gasteiger partial charge in [-0.15, -0.1) is 0 Å². The van der Waals surface area contributed by atoms with Gasteiger partial charge in [-0.3, -0.25) is 19.3 Å². The molecule has 3 amide bonds. The van der Waals surface area contributed by atoms with E-state index in [9.17, 15) is 14.4 Å². The van der Waals surface area contributed by atoms with Crippen LogP contribution < -0.4 is 5.32 Å². The van der Waals surface area contributed by atoms with Gasteiger partial charge in [-0.25, -0.2) is 0 Å². The lowest BCUT2D eigenvalue weighted by Gasteiger charge is -2.33. The summed E-state index contributed by atoms with van der Waals surface area (Å²) in [5, 5.41) is 3.19.